The maximum absolute atomic E-state index is 12.8. The highest BCUT2D eigenvalue weighted by atomic mass is 16.2. The van der Waals surface area contributed by atoms with Crippen molar-refractivity contribution in [3.63, 3.8) is 0 Å². The van der Waals surface area contributed by atoms with Crippen LogP contribution in [0.25, 0.3) is 0 Å². The van der Waals surface area contributed by atoms with Gasteiger partial charge in [0.15, 0.2) is 0 Å². The van der Waals surface area contributed by atoms with Gasteiger partial charge in [0.2, 0.25) is 11.8 Å². The van der Waals surface area contributed by atoms with E-state index < -0.39 is 0 Å². The lowest BCUT2D eigenvalue weighted by Crippen LogP contribution is -2.53. The minimum Gasteiger partial charge on any atom is -0.353 e. The average Bonchev–Trinajstić information content (AvgIpc) is 2.67. The topological polar surface area (TPSA) is 69.6 Å². The molecule has 136 valence electrons. The number of hydrogen-bond donors (Lipinski definition) is 0. The number of carbonyl (C=O) groups is 2. The summed E-state index contributed by atoms with van der Waals surface area (Å²) in [7, 11) is 0. The summed E-state index contributed by atoms with van der Waals surface area (Å²) in [6.07, 6.45) is 4.30. The quantitative estimate of drug-likeness (QED) is 0.816. The van der Waals surface area contributed by atoms with E-state index in [1.54, 1.807) is 18.2 Å². The average molecular weight is 345 g/mol. The summed E-state index contributed by atoms with van der Waals surface area (Å²) in [5.41, 5.74) is 1.04. The molecule has 0 unspecified atom stereocenters. The van der Waals surface area contributed by atoms with Crippen molar-refractivity contribution < 1.29 is 9.59 Å². The van der Waals surface area contributed by atoms with E-state index in [0.717, 1.165) is 50.4 Å². The fraction of sp³-hybridized carbons (Fsp3) is 0.667. The van der Waals surface area contributed by atoms with Crippen LogP contribution in [0.3, 0.4) is 0 Å². The van der Waals surface area contributed by atoms with Crippen molar-refractivity contribution >= 4 is 17.6 Å². The van der Waals surface area contributed by atoms with E-state index in [9.17, 15) is 9.59 Å². The van der Waals surface area contributed by atoms with E-state index in [0.29, 0.717) is 19.6 Å². The number of piperazine rings is 1. The Hall–Kier alpha value is -2.18. The smallest absolute Gasteiger partial charge is 0.227 e. The summed E-state index contributed by atoms with van der Waals surface area (Å²) in [5.74, 6) is 1.16. The third kappa shape index (κ3) is 4.08. The van der Waals surface area contributed by atoms with Crippen molar-refractivity contribution in [1.29, 1.82) is 0 Å². The second-order valence-electron chi connectivity index (χ2n) is 6.84. The second kappa shape index (κ2) is 7.80. The number of anilines is 1. The maximum Gasteiger partial charge on any atom is 0.227 e. The molecule has 1 aromatic heterocycles. The Labute approximate surface area is 149 Å². The molecule has 0 N–H and O–H groups in total. The van der Waals surface area contributed by atoms with Gasteiger partial charge < -0.3 is 14.7 Å². The minimum absolute atomic E-state index is 0.0463. The first kappa shape index (κ1) is 17.6. The van der Waals surface area contributed by atoms with Gasteiger partial charge in [-0.3, -0.25) is 9.59 Å². The highest BCUT2D eigenvalue weighted by Gasteiger charge is 2.31. The van der Waals surface area contributed by atoms with Gasteiger partial charge in [-0.2, -0.15) is 0 Å². The van der Waals surface area contributed by atoms with Crippen molar-refractivity contribution in [2.45, 2.75) is 33.1 Å². The molecule has 0 aromatic carbocycles. The molecular formula is C18H27N5O2. The molecule has 3 heterocycles. The Morgan fingerprint density at radius 2 is 1.88 bits per heavy atom. The third-order valence-corrected chi connectivity index (χ3v) is 5.20. The zero-order valence-corrected chi connectivity index (χ0v) is 15.1. The molecule has 2 amide bonds. The Morgan fingerprint density at radius 3 is 2.56 bits per heavy atom. The molecule has 25 heavy (non-hydrogen) atoms. The van der Waals surface area contributed by atoms with Crippen LogP contribution in [0.15, 0.2) is 12.4 Å². The molecule has 1 atom stereocenters. The zero-order valence-electron chi connectivity index (χ0n) is 15.1. The number of hydrogen-bond acceptors (Lipinski definition) is 5. The highest BCUT2D eigenvalue weighted by Crippen LogP contribution is 2.21. The predicted molar refractivity (Wildman–Crippen MR) is 95.2 cm³/mol. The molecule has 0 saturated carbocycles. The number of piperidine rings is 1. The SMILES string of the molecule is CCc1cc(N2CCN(C(=O)[C@H]3CCCN(C(C)=O)C3)CC2)ncn1. The van der Waals surface area contributed by atoms with Crippen LogP contribution in [0, 0.1) is 5.92 Å². The number of aryl methyl sites for hydroxylation is 1. The molecular weight excluding hydrogens is 318 g/mol. The number of aromatic nitrogens is 2. The van der Waals surface area contributed by atoms with Crippen LogP contribution in [-0.2, 0) is 16.0 Å². The van der Waals surface area contributed by atoms with E-state index in [-0.39, 0.29) is 17.7 Å². The number of rotatable bonds is 3. The van der Waals surface area contributed by atoms with Gasteiger partial charge in [-0.1, -0.05) is 6.92 Å². The van der Waals surface area contributed by atoms with Crippen LogP contribution < -0.4 is 4.90 Å². The maximum atomic E-state index is 12.8. The summed E-state index contributed by atoms with van der Waals surface area (Å²) >= 11 is 0. The molecule has 2 saturated heterocycles. The molecule has 2 aliphatic heterocycles. The molecule has 0 bridgehead atoms. The van der Waals surface area contributed by atoms with Gasteiger partial charge in [0.25, 0.3) is 0 Å². The molecule has 7 nitrogen and oxygen atoms in total. The van der Waals surface area contributed by atoms with Crippen LogP contribution in [0.2, 0.25) is 0 Å². The molecule has 0 radical (unpaired) electrons. The zero-order chi connectivity index (χ0) is 17.8. The molecule has 0 spiro atoms. The van der Waals surface area contributed by atoms with E-state index in [1.807, 2.05) is 11.0 Å². The molecule has 2 aliphatic rings. The first-order chi connectivity index (χ1) is 12.1. The van der Waals surface area contributed by atoms with E-state index >= 15 is 0 Å². The molecule has 1 aromatic rings. The van der Waals surface area contributed by atoms with Crippen molar-refractivity contribution in [1.82, 2.24) is 19.8 Å². The number of amides is 2. The van der Waals surface area contributed by atoms with Gasteiger partial charge in [-0.05, 0) is 19.3 Å². The largest absolute Gasteiger partial charge is 0.353 e. The van der Waals surface area contributed by atoms with Crippen LogP contribution in [0.1, 0.15) is 32.4 Å². The van der Waals surface area contributed by atoms with Crippen LogP contribution in [0.5, 0.6) is 0 Å². The van der Waals surface area contributed by atoms with Gasteiger partial charge in [-0.25, -0.2) is 9.97 Å². The molecule has 0 aliphatic carbocycles. The monoisotopic (exact) mass is 345 g/mol. The standard InChI is InChI=1S/C18H27N5O2/c1-3-16-11-17(20-13-19-16)21-7-9-22(10-8-21)18(25)15-5-4-6-23(12-15)14(2)24/h11,13,15H,3-10,12H2,1-2H3/t15-/m0/s1. The van der Waals surface area contributed by atoms with Gasteiger partial charge in [0.1, 0.15) is 12.1 Å². The number of carbonyl (C=O) groups excluding carboxylic acids is 2. The number of likely N-dealkylation sites (tertiary alicyclic amines) is 1. The molecule has 7 heteroatoms. The predicted octanol–water partition coefficient (Wildman–Crippen LogP) is 0.946. The van der Waals surface area contributed by atoms with E-state index in [1.165, 1.54) is 0 Å². The van der Waals surface area contributed by atoms with E-state index in [2.05, 4.69) is 21.8 Å². The van der Waals surface area contributed by atoms with Crippen molar-refractivity contribution in [2.24, 2.45) is 5.92 Å². The normalized spacial score (nSPS) is 21.4. The Kier molecular flexibility index (Phi) is 5.50. The van der Waals surface area contributed by atoms with Crippen molar-refractivity contribution in [3.05, 3.63) is 18.1 Å². The molecule has 2 fully saturated rings. The van der Waals surface area contributed by atoms with Gasteiger partial charge in [-0.15, -0.1) is 0 Å². The van der Waals surface area contributed by atoms with Crippen molar-refractivity contribution in [3.8, 4) is 0 Å². The lowest BCUT2D eigenvalue weighted by Gasteiger charge is -2.39. The summed E-state index contributed by atoms with van der Waals surface area (Å²) in [6.45, 7) is 8.00. The molecule has 3 rings (SSSR count). The van der Waals surface area contributed by atoms with Gasteiger partial charge >= 0.3 is 0 Å². The summed E-state index contributed by atoms with van der Waals surface area (Å²) in [4.78, 5) is 39.0. The lowest BCUT2D eigenvalue weighted by atomic mass is 9.96. The highest BCUT2D eigenvalue weighted by molar-refractivity contribution is 5.81. The first-order valence-corrected chi connectivity index (χ1v) is 9.18. The summed E-state index contributed by atoms with van der Waals surface area (Å²) in [5, 5.41) is 0. The minimum atomic E-state index is -0.0463. The fourth-order valence-corrected chi connectivity index (χ4v) is 3.63. The number of nitrogens with zero attached hydrogens (tertiary/aromatic N) is 5. The van der Waals surface area contributed by atoms with E-state index in [4.69, 9.17) is 0 Å². The van der Waals surface area contributed by atoms with Gasteiger partial charge in [0.05, 0.1) is 5.92 Å². The Bertz CT molecular complexity index is 628. The Balaban J connectivity index is 1.56. The van der Waals surface area contributed by atoms with Crippen LogP contribution in [-0.4, -0.2) is 70.9 Å². The first-order valence-electron chi connectivity index (χ1n) is 9.18. The lowest BCUT2D eigenvalue weighted by molar-refractivity contribution is -0.140. The van der Waals surface area contributed by atoms with Gasteiger partial charge in [0, 0.05) is 58.0 Å². The Morgan fingerprint density at radius 1 is 1.12 bits per heavy atom. The van der Waals surface area contributed by atoms with Crippen LogP contribution >= 0.6 is 0 Å². The fourth-order valence-electron chi connectivity index (χ4n) is 3.63. The second-order valence-corrected chi connectivity index (χ2v) is 6.84. The van der Waals surface area contributed by atoms with Crippen LogP contribution in [0.4, 0.5) is 5.82 Å². The van der Waals surface area contributed by atoms with Crippen molar-refractivity contribution in [2.75, 3.05) is 44.2 Å². The summed E-state index contributed by atoms with van der Waals surface area (Å²) in [6, 6.07) is 2.03. The third-order valence-electron chi connectivity index (χ3n) is 5.20. The summed E-state index contributed by atoms with van der Waals surface area (Å²) < 4.78 is 0.